The zero-order valence-corrected chi connectivity index (χ0v) is 14.4. The molecule has 2 aliphatic rings. The van der Waals surface area contributed by atoms with Gasteiger partial charge in [0, 0.05) is 19.1 Å². The lowest BCUT2D eigenvalue weighted by Gasteiger charge is -2.37. The molecule has 1 amide bonds. The number of carbonyl (C=O) groups excluding carboxylic acids is 1. The van der Waals surface area contributed by atoms with E-state index in [0.717, 1.165) is 44.7 Å². The molecule has 1 saturated heterocycles. The maximum absolute atomic E-state index is 12.9. The molecule has 0 spiro atoms. The molecular formula is C18H34N2O. The maximum Gasteiger partial charge on any atom is 0.227 e. The van der Waals surface area contributed by atoms with Crippen molar-refractivity contribution in [3.05, 3.63) is 0 Å². The summed E-state index contributed by atoms with van der Waals surface area (Å²) in [4.78, 5) is 15.1. The van der Waals surface area contributed by atoms with Crippen LogP contribution in [-0.2, 0) is 4.79 Å². The Hall–Kier alpha value is -0.570. The van der Waals surface area contributed by atoms with Gasteiger partial charge in [-0.05, 0) is 49.4 Å². The van der Waals surface area contributed by atoms with Crippen molar-refractivity contribution in [3.8, 4) is 0 Å². The van der Waals surface area contributed by atoms with E-state index in [4.69, 9.17) is 5.73 Å². The molecule has 0 radical (unpaired) electrons. The van der Waals surface area contributed by atoms with Crippen LogP contribution >= 0.6 is 0 Å². The number of hydrogen-bond acceptors (Lipinski definition) is 2. The molecule has 2 rings (SSSR count). The molecule has 0 aromatic heterocycles. The van der Waals surface area contributed by atoms with Crippen LogP contribution in [0.5, 0.6) is 0 Å². The van der Waals surface area contributed by atoms with Gasteiger partial charge in [-0.15, -0.1) is 0 Å². The van der Waals surface area contributed by atoms with Gasteiger partial charge >= 0.3 is 0 Å². The summed E-state index contributed by atoms with van der Waals surface area (Å²) in [6, 6.07) is 0.0721. The minimum Gasteiger partial charge on any atom is -0.342 e. The highest BCUT2D eigenvalue weighted by Gasteiger charge is 2.37. The van der Waals surface area contributed by atoms with Crippen molar-refractivity contribution in [3.63, 3.8) is 0 Å². The van der Waals surface area contributed by atoms with Crippen molar-refractivity contribution in [2.45, 2.75) is 72.3 Å². The van der Waals surface area contributed by atoms with Gasteiger partial charge in [-0.3, -0.25) is 4.79 Å². The summed E-state index contributed by atoms with van der Waals surface area (Å²) in [5, 5.41) is 0. The summed E-state index contributed by atoms with van der Waals surface area (Å²) in [5.74, 6) is 1.57. The standard InChI is InChI=1S/C18H34N2O/c1-13-7-5-9-15(19)16(13)17(21)20-11-6-8-14(10-12-20)18(2,3)4/h13-16H,5-12,19H2,1-4H3. The van der Waals surface area contributed by atoms with Crippen LogP contribution in [0, 0.1) is 23.2 Å². The third kappa shape index (κ3) is 4.00. The first-order valence-corrected chi connectivity index (χ1v) is 8.85. The number of nitrogens with two attached hydrogens (primary N) is 1. The summed E-state index contributed by atoms with van der Waals surface area (Å²) in [6.07, 6.45) is 6.88. The highest BCUT2D eigenvalue weighted by Crippen LogP contribution is 2.36. The van der Waals surface area contributed by atoms with Gasteiger partial charge in [-0.2, -0.15) is 0 Å². The number of rotatable bonds is 1. The second kappa shape index (κ2) is 6.68. The Morgan fingerprint density at radius 2 is 1.76 bits per heavy atom. The molecule has 3 heteroatoms. The van der Waals surface area contributed by atoms with E-state index in [9.17, 15) is 4.79 Å². The summed E-state index contributed by atoms with van der Waals surface area (Å²) in [7, 11) is 0. The molecule has 0 bridgehead atoms. The average Bonchev–Trinajstić information content (AvgIpc) is 2.63. The van der Waals surface area contributed by atoms with E-state index < -0.39 is 0 Å². The number of carbonyl (C=O) groups is 1. The first kappa shape index (κ1) is 16.8. The lowest BCUT2D eigenvalue weighted by molar-refractivity contribution is -0.139. The van der Waals surface area contributed by atoms with Crippen molar-refractivity contribution in [2.75, 3.05) is 13.1 Å². The van der Waals surface area contributed by atoms with Crippen molar-refractivity contribution in [1.29, 1.82) is 0 Å². The molecule has 2 fully saturated rings. The molecule has 1 saturated carbocycles. The molecular weight excluding hydrogens is 260 g/mol. The number of hydrogen-bond donors (Lipinski definition) is 1. The Kier molecular flexibility index (Phi) is 5.34. The fraction of sp³-hybridized carbons (Fsp3) is 0.944. The van der Waals surface area contributed by atoms with E-state index in [1.54, 1.807) is 0 Å². The zero-order valence-electron chi connectivity index (χ0n) is 14.4. The Morgan fingerprint density at radius 3 is 2.38 bits per heavy atom. The van der Waals surface area contributed by atoms with Crippen molar-refractivity contribution in [1.82, 2.24) is 4.90 Å². The van der Waals surface area contributed by atoms with Gasteiger partial charge in [-0.1, -0.05) is 34.1 Å². The molecule has 1 aliphatic carbocycles. The fourth-order valence-corrected chi connectivity index (χ4v) is 4.28. The van der Waals surface area contributed by atoms with Crippen molar-refractivity contribution >= 4 is 5.91 Å². The van der Waals surface area contributed by atoms with Crippen LogP contribution in [0.1, 0.15) is 66.2 Å². The smallest absolute Gasteiger partial charge is 0.227 e. The largest absolute Gasteiger partial charge is 0.342 e. The minimum absolute atomic E-state index is 0.0601. The quantitative estimate of drug-likeness (QED) is 0.805. The topological polar surface area (TPSA) is 46.3 Å². The zero-order chi connectivity index (χ0) is 15.6. The minimum atomic E-state index is 0.0601. The summed E-state index contributed by atoms with van der Waals surface area (Å²) < 4.78 is 0. The van der Waals surface area contributed by atoms with Crippen LogP contribution in [0.2, 0.25) is 0 Å². The Morgan fingerprint density at radius 1 is 1.05 bits per heavy atom. The van der Waals surface area contributed by atoms with E-state index >= 15 is 0 Å². The van der Waals surface area contributed by atoms with Gasteiger partial charge in [0.25, 0.3) is 0 Å². The second-order valence-corrected chi connectivity index (χ2v) is 8.42. The van der Waals surface area contributed by atoms with Gasteiger partial charge in [-0.25, -0.2) is 0 Å². The highest BCUT2D eigenvalue weighted by atomic mass is 16.2. The SMILES string of the molecule is CC1CCCC(N)C1C(=O)N1CCCC(C(C)(C)C)CC1. The van der Waals surface area contributed by atoms with Gasteiger partial charge in [0.05, 0.1) is 5.92 Å². The normalized spacial score (nSPS) is 35.4. The third-order valence-electron chi connectivity index (χ3n) is 5.82. The predicted octanol–water partition coefficient (Wildman–Crippen LogP) is 3.42. The Bertz CT molecular complexity index is 351. The van der Waals surface area contributed by atoms with E-state index in [-0.39, 0.29) is 12.0 Å². The maximum atomic E-state index is 12.9. The molecule has 4 atom stereocenters. The summed E-state index contributed by atoms with van der Waals surface area (Å²) in [6.45, 7) is 11.0. The number of amides is 1. The summed E-state index contributed by atoms with van der Waals surface area (Å²) >= 11 is 0. The Balaban J connectivity index is 2.00. The molecule has 2 N–H and O–H groups in total. The van der Waals surface area contributed by atoms with Crippen LogP contribution in [0.25, 0.3) is 0 Å². The van der Waals surface area contributed by atoms with E-state index in [0.29, 0.717) is 17.2 Å². The molecule has 1 heterocycles. The van der Waals surface area contributed by atoms with Gasteiger partial charge in [0.15, 0.2) is 0 Å². The molecule has 3 nitrogen and oxygen atoms in total. The predicted molar refractivity (Wildman–Crippen MR) is 87.9 cm³/mol. The second-order valence-electron chi connectivity index (χ2n) is 8.42. The first-order valence-electron chi connectivity index (χ1n) is 8.85. The van der Waals surface area contributed by atoms with Gasteiger partial charge in [0.1, 0.15) is 0 Å². The molecule has 21 heavy (non-hydrogen) atoms. The van der Waals surface area contributed by atoms with Gasteiger partial charge in [0.2, 0.25) is 5.91 Å². The lowest BCUT2D eigenvalue weighted by atomic mass is 9.76. The molecule has 0 aromatic rings. The van der Waals surface area contributed by atoms with Crippen molar-refractivity contribution < 1.29 is 4.79 Å². The molecule has 0 aromatic carbocycles. The fourth-order valence-electron chi connectivity index (χ4n) is 4.28. The van der Waals surface area contributed by atoms with Crippen LogP contribution in [0.15, 0.2) is 0 Å². The van der Waals surface area contributed by atoms with Crippen molar-refractivity contribution in [2.24, 2.45) is 28.9 Å². The van der Waals surface area contributed by atoms with Gasteiger partial charge < -0.3 is 10.6 Å². The number of nitrogens with zero attached hydrogens (tertiary/aromatic N) is 1. The molecule has 1 aliphatic heterocycles. The average molecular weight is 294 g/mol. The van der Waals surface area contributed by atoms with Crippen LogP contribution < -0.4 is 5.73 Å². The molecule has 122 valence electrons. The number of likely N-dealkylation sites (tertiary alicyclic amines) is 1. The summed E-state index contributed by atoms with van der Waals surface area (Å²) in [5.41, 5.74) is 6.62. The van der Waals surface area contributed by atoms with E-state index in [1.807, 2.05) is 0 Å². The van der Waals surface area contributed by atoms with E-state index in [1.165, 1.54) is 12.8 Å². The Labute approximate surface area is 130 Å². The first-order chi connectivity index (χ1) is 9.80. The highest BCUT2D eigenvalue weighted by molar-refractivity contribution is 5.80. The van der Waals surface area contributed by atoms with Crippen LogP contribution in [-0.4, -0.2) is 29.9 Å². The van der Waals surface area contributed by atoms with Crippen LogP contribution in [0.3, 0.4) is 0 Å². The van der Waals surface area contributed by atoms with E-state index in [2.05, 4.69) is 32.6 Å². The molecule has 4 unspecified atom stereocenters. The monoisotopic (exact) mass is 294 g/mol. The third-order valence-corrected chi connectivity index (χ3v) is 5.82. The lowest BCUT2D eigenvalue weighted by Crippen LogP contribution is -2.49. The van der Waals surface area contributed by atoms with Crippen LogP contribution in [0.4, 0.5) is 0 Å².